The number of thiazole rings is 1. The van der Waals surface area contributed by atoms with Gasteiger partial charge in [-0.25, -0.2) is 4.98 Å². The minimum Gasteiger partial charge on any atom is -0.277 e. The molecule has 0 unspecified atom stereocenters. The van der Waals surface area contributed by atoms with Gasteiger partial charge in [-0.05, 0) is 42.7 Å². The molecule has 6 heteroatoms. The van der Waals surface area contributed by atoms with Crippen LogP contribution in [0.15, 0.2) is 63.5 Å². The lowest BCUT2D eigenvalue weighted by atomic mass is 10.1. The van der Waals surface area contributed by atoms with Crippen LogP contribution in [0.25, 0.3) is 11.3 Å². The molecule has 4 nitrogen and oxygen atoms in total. The summed E-state index contributed by atoms with van der Waals surface area (Å²) < 4.78 is 1.02. The van der Waals surface area contributed by atoms with Gasteiger partial charge in [0.05, 0.1) is 11.4 Å². The van der Waals surface area contributed by atoms with Gasteiger partial charge in [0.15, 0.2) is 10.7 Å². The maximum Gasteiger partial charge on any atom is 0.196 e. The van der Waals surface area contributed by atoms with Gasteiger partial charge >= 0.3 is 0 Å². The van der Waals surface area contributed by atoms with Gasteiger partial charge in [0.2, 0.25) is 0 Å². The highest BCUT2D eigenvalue weighted by molar-refractivity contribution is 9.10. The minimum atomic E-state index is 0.276. The van der Waals surface area contributed by atoms with Gasteiger partial charge < -0.3 is 0 Å². The van der Waals surface area contributed by atoms with Crippen LogP contribution in [0.5, 0.6) is 0 Å². The summed E-state index contributed by atoms with van der Waals surface area (Å²) in [7, 11) is 0. The average Bonchev–Trinajstić information content (AvgIpc) is 3.18. The smallest absolute Gasteiger partial charge is 0.196 e. The molecule has 1 N–H and O–H groups in total. The first-order valence-electron chi connectivity index (χ1n) is 8.74. The number of aryl methyl sites for hydroxylation is 1. The van der Waals surface area contributed by atoms with Crippen LogP contribution < -0.4 is 5.43 Å². The van der Waals surface area contributed by atoms with Crippen LogP contribution in [-0.4, -0.2) is 10.7 Å². The van der Waals surface area contributed by atoms with Gasteiger partial charge in [0.25, 0.3) is 0 Å². The van der Waals surface area contributed by atoms with E-state index in [0.29, 0.717) is 5.01 Å². The Morgan fingerprint density at radius 1 is 1.19 bits per heavy atom. The number of nitrogens with one attached hydrogen (secondary N) is 1. The molecule has 3 rings (SSSR count). The summed E-state index contributed by atoms with van der Waals surface area (Å²) in [6.07, 6.45) is 3.46. The predicted molar refractivity (Wildman–Crippen MR) is 116 cm³/mol. The van der Waals surface area contributed by atoms with E-state index in [1.807, 2.05) is 41.8 Å². The fraction of sp³-hybridized carbons (Fsp3) is 0.190. The summed E-state index contributed by atoms with van der Waals surface area (Å²) in [4.78, 5) is 4.55. The van der Waals surface area contributed by atoms with E-state index in [2.05, 4.69) is 56.6 Å². The predicted octanol–water partition coefficient (Wildman–Crippen LogP) is 6.25. The van der Waals surface area contributed by atoms with E-state index >= 15 is 0 Å². The van der Waals surface area contributed by atoms with Crippen LogP contribution in [0, 0.1) is 11.3 Å². The standard InChI is InChI=1S/C21H19BrN4S/c1-2-3-4-15-5-11-18(12-6-15)25-26-19(13-23)21-24-20(14-27-21)16-7-9-17(22)10-8-16/h5-12,14,25H,2-4H2,1H3. The minimum absolute atomic E-state index is 0.276. The Labute approximate surface area is 171 Å². The lowest BCUT2D eigenvalue weighted by Gasteiger charge is -2.03. The molecule has 1 aromatic heterocycles. The highest BCUT2D eigenvalue weighted by Gasteiger charge is 2.10. The first-order valence-corrected chi connectivity index (χ1v) is 10.4. The van der Waals surface area contributed by atoms with E-state index in [4.69, 9.17) is 0 Å². The topological polar surface area (TPSA) is 61.1 Å². The molecule has 0 aliphatic rings. The van der Waals surface area contributed by atoms with E-state index in [1.54, 1.807) is 0 Å². The molecule has 0 aliphatic carbocycles. The summed E-state index contributed by atoms with van der Waals surface area (Å²) in [5.41, 5.74) is 7.25. The van der Waals surface area contributed by atoms with Crippen molar-refractivity contribution in [2.45, 2.75) is 26.2 Å². The molecule has 136 valence electrons. The maximum absolute atomic E-state index is 9.45. The van der Waals surface area contributed by atoms with Crippen molar-refractivity contribution in [3.63, 3.8) is 0 Å². The second kappa shape index (κ2) is 9.45. The third kappa shape index (κ3) is 5.25. The fourth-order valence-electron chi connectivity index (χ4n) is 2.50. The highest BCUT2D eigenvalue weighted by Crippen LogP contribution is 2.24. The zero-order chi connectivity index (χ0) is 19.1. The number of nitriles is 1. The Morgan fingerprint density at radius 2 is 1.93 bits per heavy atom. The van der Waals surface area contributed by atoms with Crippen molar-refractivity contribution in [3.8, 4) is 17.3 Å². The molecule has 0 bridgehead atoms. The molecule has 0 atom stereocenters. The summed E-state index contributed by atoms with van der Waals surface area (Å²) in [6, 6.07) is 18.2. The summed E-state index contributed by atoms with van der Waals surface area (Å²) in [5, 5.41) is 16.2. The summed E-state index contributed by atoms with van der Waals surface area (Å²) in [5.74, 6) is 0. The SMILES string of the molecule is CCCCc1ccc(NN=C(C#N)c2nc(-c3ccc(Br)cc3)cs2)cc1. The molecular weight excluding hydrogens is 420 g/mol. The number of nitrogens with zero attached hydrogens (tertiary/aromatic N) is 3. The molecule has 2 aromatic carbocycles. The first kappa shape index (κ1) is 19.3. The van der Waals surface area contributed by atoms with Crippen LogP contribution in [-0.2, 0) is 6.42 Å². The number of hydrogen-bond acceptors (Lipinski definition) is 5. The third-order valence-electron chi connectivity index (χ3n) is 4.02. The van der Waals surface area contributed by atoms with Crippen molar-refractivity contribution in [1.82, 2.24) is 4.98 Å². The van der Waals surface area contributed by atoms with Crippen molar-refractivity contribution in [2.24, 2.45) is 5.10 Å². The molecule has 0 radical (unpaired) electrons. The van der Waals surface area contributed by atoms with E-state index < -0.39 is 0 Å². The summed E-state index contributed by atoms with van der Waals surface area (Å²) in [6.45, 7) is 2.19. The third-order valence-corrected chi connectivity index (χ3v) is 5.40. The van der Waals surface area contributed by atoms with Gasteiger partial charge in [-0.1, -0.05) is 53.5 Å². The Kier molecular flexibility index (Phi) is 6.74. The van der Waals surface area contributed by atoms with E-state index in [-0.39, 0.29) is 5.71 Å². The Bertz CT molecular complexity index is 953. The molecule has 3 aromatic rings. The van der Waals surface area contributed by atoms with Crippen molar-refractivity contribution in [1.29, 1.82) is 5.26 Å². The van der Waals surface area contributed by atoms with Crippen LogP contribution in [0.1, 0.15) is 30.3 Å². The molecule has 27 heavy (non-hydrogen) atoms. The fourth-order valence-corrected chi connectivity index (χ4v) is 3.53. The Hall–Kier alpha value is -2.49. The molecule has 0 amide bonds. The second-order valence-corrected chi connectivity index (χ2v) is 7.80. The van der Waals surface area contributed by atoms with Gasteiger partial charge in [-0.2, -0.15) is 10.4 Å². The van der Waals surface area contributed by atoms with Crippen LogP contribution in [0.2, 0.25) is 0 Å². The Morgan fingerprint density at radius 3 is 2.59 bits per heavy atom. The molecule has 0 spiro atoms. The van der Waals surface area contributed by atoms with E-state index in [0.717, 1.165) is 27.8 Å². The normalized spacial score (nSPS) is 11.2. The first-order chi connectivity index (χ1) is 13.2. The largest absolute Gasteiger partial charge is 0.277 e. The average molecular weight is 439 g/mol. The quantitative estimate of drug-likeness (QED) is 0.349. The number of aromatic nitrogens is 1. The molecule has 1 heterocycles. The number of rotatable bonds is 7. The zero-order valence-corrected chi connectivity index (χ0v) is 17.3. The lowest BCUT2D eigenvalue weighted by molar-refractivity contribution is 0.795. The number of anilines is 1. The number of hydrazone groups is 1. The number of unbranched alkanes of at least 4 members (excludes halogenated alkanes) is 1. The molecule has 0 saturated carbocycles. The van der Waals surface area contributed by atoms with Crippen LogP contribution in [0.3, 0.4) is 0 Å². The number of benzene rings is 2. The second-order valence-electron chi connectivity index (χ2n) is 6.03. The molecular formula is C21H19BrN4S. The highest BCUT2D eigenvalue weighted by atomic mass is 79.9. The van der Waals surface area contributed by atoms with Crippen LogP contribution >= 0.6 is 27.3 Å². The summed E-state index contributed by atoms with van der Waals surface area (Å²) >= 11 is 4.84. The van der Waals surface area contributed by atoms with E-state index in [1.165, 1.54) is 29.7 Å². The molecule has 0 saturated heterocycles. The van der Waals surface area contributed by atoms with E-state index in [9.17, 15) is 5.26 Å². The van der Waals surface area contributed by atoms with Crippen LogP contribution in [0.4, 0.5) is 5.69 Å². The lowest BCUT2D eigenvalue weighted by Crippen LogP contribution is -2.01. The van der Waals surface area contributed by atoms with Gasteiger partial charge in [-0.15, -0.1) is 11.3 Å². The maximum atomic E-state index is 9.45. The van der Waals surface area contributed by atoms with Crippen molar-refractivity contribution < 1.29 is 0 Å². The Balaban J connectivity index is 1.71. The molecule has 0 aliphatic heterocycles. The molecule has 0 fully saturated rings. The monoisotopic (exact) mass is 438 g/mol. The zero-order valence-electron chi connectivity index (χ0n) is 14.9. The van der Waals surface area contributed by atoms with Gasteiger partial charge in [0, 0.05) is 15.4 Å². The van der Waals surface area contributed by atoms with Crippen molar-refractivity contribution in [2.75, 3.05) is 5.43 Å². The number of hydrogen-bond donors (Lipinski definition) is 1. The number of halogens is 1. The van der Waals surface area contributed by atoms with Crippen molar-refractivity contribution in [3.05, 3.63) is 69.0 Å². The van der Waals surface area contributed by atoms with Gasteiger partial charge in [-0.3, -0.25) is 5.43 Å². The van der Waals surface area contributed by atoms with Crippen molar-refractivity contribution >= 4 is 38.7 Å². The van der Waals surface area contributed by atoms with Gasteiger partial charge in [0.1, 0.15) is 6.07 Å².